The Bertz CT molecular complexity index is 1210. The maximum atomic E-state index is 13.7. The van der Waals surface area contributed by atoms with E-state index in [2.05, 4.69) is 5.32 Å². The molecule has 0 aliphatic heterocycles. The fourth-order valence-corrected chi connectivity index (χ4v) is 4.88. The number of nitrogens with one attached hydrogen (secondary N) is 1. The largest absolute Gasteiger partial charge is 0.354 e. The average molecular weight is 579 g/mol. The number of halogens is 4. The molecule has 1 N–H and O–H groups in total. The number of benzene rings is 2. The first-order valence-electron chi connectivity index (χ1n) is 11.8. The molecule has 0 saturated heterocycles. The van der Waals surface area contributed by atoms with Crippen LogP contribution >= 0.6 is 23.2 Å². The highest BCUT2D eigenvalue weighted by molar-refractivity contribution is 7.92. The molecular weight excluding hydrogens is 547 g/mol. The van der Waals surface area contributed by atoms with Gasteiger partial charge in [0.05, 0.1) is 22.0 Å². The van der Waals surface area contributed by atoms with Crippen molar-refractivity contribution < 1.29 is 26.8 Å². The van der Waals surface area contributed by atoms with E-state index in [1.807, 2.05) is 6.92 Å². The highest BCUT2D eigenvalue weighted by Gasteiger charge is 2.27. The van der Waals surface area contributed by atoms with E-state index >= 15 is 0 Å². The van der Waals surface area contributed by atoms with E-state index in [-0.39, 0.29) is 43.4 Å². The molecule has 204 valence electrons. The van der Waals surface area contributed by atoms with Gasteiger partial charge in [0.25, 0.3) is 0 Å². The average Bonchev–Trinajstić information content (AvgIpc) is 2.83. The van der Waals surface area contributed by atoms with Gasteiger partial charge in [-0.25, -0.2) is 17.2 Å². The summed E-state index contributed by atoms with van der Waals surface area (Å²) >= 11 is 12.1. The molecule has 0 aromatic heterocycles. The van der Waals surface area contributed by atoms with Gasteiger partial charge in [-0.3, -0.25) is 13.9 Å². The van der Waals surface area contributed by atoms with Crippen LogP contribution in [0.3, 0.4) is 0 Å². The molecule has 0 aliphatic rings. The van der Waals surface area contributed by atoms with E-state index in [0.29, 0.717) is 22.2 Å². The Hall–Kier alpha value is -2.43. The van der Waals surface area contributed by atoms with E-state index in [1.54, 1.807) is 25.1 Å². The van der Waals surface area contributed by atoms with Crippen LogP contribution in [0.15, 0.2) is 36.4 Å². The zero-order valence-electron chi connectivity index (χ0n) is 20.9. The minimum absolute atomic E-state index is 0.0508. The Morgan fingerprint density at radius 3 is 2.32 bits per heavy atom. The van der Waals surface area contributed by atoms with Crippen molar-refractivity contribution in [2.45, 2.75) is 52.1 Å². The lowest BCUT2D eigenvalue weighted by Gasteiger charge is -2.29. The summed E-state index contributed by atoms with van der Waals surface area (Å²) < 4.78 is 52.5. The third-order valence-electron chi connectivity index (χ3n) is 5.68. The Morgan fingerprint density at radius 1 is 1.03 bits per heavy atom. The summed E-state index contributed by atoms with van der Waals surface area (Å²) in [5.41, 5.74) is 0.612. The number of nitrogens with zero attached hydrogens (tertiary/aromatic N) is 2. The van der Waals surface area contributed by atoms with E-state index in [9.17, 15) is 26.8 Å². The van der Waals surface area contributed by atoms with Crippen molar-refractivity contribution >= 4 is 50.7 Å². The fraction of sp³-hybridized carbons (Fsp3) is 0.440. The number of amides is 2. The van der Waals surface area contributed by atoms with Crippen molar-refractivity contribution in [1.82, 2.24) is 10.2 Å². The second kappa shape index (κ2) is 13.9. The van der Waals surface area contributed by atoms with Gasteiger partial charge in [0.15, 0.2) is 11.6 Å². The maximum Gasteiger partial charge on any atom is 0.242 e. The number of carbonyl (C=O) groups excluding carboxylic acids is 2. The quantitative estimate of drug-likeness (QED) is 0.333. The molecule has 2 rings (SSSR count). The van der Waals surface area contributed by atoms with Crippen LogP contribution in [0.1, 0.15) is 45.1 Å². The van der Waals surface area contributed by atoms with Crippen molar-refractivity contribution in [3.63, 3.8) is 0 Å². The first-order valence-corrected chi connectivity index (χ1v) is 14.4. The summed E-state index contributed by atoms with van der Waals surface area (Å²) in [4.78, 5) is 27.4. The second-order valence-corrected chi connectivity index (χ2v) is 11.3. The first kappa shape index (κ1) is 30.8. The standard InChI is InChI=1S/C25H31Cl2F2N3O4S/c1-4-5-12-30-25(34)17(2)31(16-18-8-10-20(26)21(27)14-18)24(33)7-6-13-32(37(3,35)36)19-9-11-22(28)23(29)15-19/h8-11,14-15,17H,4-7,12-13,16H2,1-3H3,(H,30,34). The van der Waals surface area contributed by atoms with Gasteiger partial charge in [-0.1, -0.05) is 42.6 Å². The third kappa shape index (κ3) is 9.12. The van der Waals surface area contributed by atoms with Crippen LogP contribution in [-0.4, -0.2) is 50.5 Å². The lowest BCUT2D eigenvalue weighted by Crippen LogP contribution is -2.48. The lowest BCUT2D eigenvalue weighted by atomic mass is 10.1. The zero-order valence-corrected chi connectivity index (χ0v) is 23.3. The van der Waals surface area contributed by atoms with Gasteiger partial charge in [-0.05, 0) is 49.6 Å². The van der Waals surface area contributed by atoms with Crippen LogP contribution in [0.5, 0.6) is 0 Å². The van der Waals surface area contributed by atoms with Gasteiger partial charge in [0.1, 0.15) is 6.04 Å². The van der Waals surface area contributed by atoms with E-state index in [1.165, 1.54) is 4.90 Å². The van der Waals surface area contributed by atoms with Crippen molar-refractivity contribution in [3.05, 3.63) is 63.6 Å². The van der Waals surface area contributed by atoms with E-state index in [4.69, 9.17) is 23.2 Å². The summed E-state index contributed by atoms with van der Waals surface area (Å²) in [6, 6.07) is 6.88. The predicted octanol–water partition coefficient (Wildman–Crippen LogP) is 5.15. The molecule has 1 unspecified atom stereocenters. The van der Waals surface area contributed by atoms with Crippen LogP contribution in [0, 0.1) is 11.6 Å². The summed E-state index contributed by atoms with van der Waals surface area (Å²) in [5.74, 6) is -2.99. The number of carbonyl (C=O) groups is 2. The summed E-state index contributed by atoms with van der Waals surface area (Å²) in [6.07, 6.45) is 2.62. The molecule has 0 saturated carbocycles. The lowest BCUT2D eigenvalue weighted by molar-refractivity contribution is -0.140. The topological polar surface area (TPSA) is 86.8 Å². The number of unbranched alkanes of at least 4 members (excludes halogenated alkanes) is 1. The van der Waals surface area contributed by atoms with Crippen molar-refractivity contribution in [2.24, 2.45) is 0 Å². The summed E-state index contributed by atoms with van der Waals surface area (Å²) in [6.45, 7) is 4.02. The van der Waals surface area contributed by atoms with E-state index < -0.39 is 27.7 Å². The monoisotopic (exact) mass is 577 g/mol. The number of anilines is 1. The van der Waals surface area contributed by atoms with Gasteiger partial charge < -0.3 is 10.2 Å². The normalized spacial score (nSPS) is 12.2. The Balaban J connectivity index is 2.19. The molecule has 2 amide bonds. The molecule has 0 spiro atoms. The molecule has 0 bridgehead atoms. The van der Waals surface area contributed by atoms with Crippen LogP contribution in [0.25, 0.3) is 0 Å². The Kier molecular flexibility index (Phi) is 11.6. The molecule has 1 atom stereocenters. The molecule has 0 fully saturated rings. The molecule has 7 nitrogen and oxygen atoms in total. The van der Waals surface area contributed by atoms with Gasteiger partial charge in [0, 0.05) is 32.1 Å². The maximum absolute atomic E-state index is 13.7. The molecule has 37 heavy (non-hydrogen) atoms. The van der Waals surface area contributed by atoms with Gasteiger partial charge in [-0.2, -0.15) is 0 Å². The van der Waals surface area contributed by atoms with Crippen molar-refractivity contribution in [3.8, 4) is 0 Å². The van der Waals surface area contributed by atoms with Crippen molar-refractivity contribution in [2.75, 3.05) is 23.7 Å². The van der Waals surface area contributed by atoms with E-state index in [0.717, 1.165) is 41.6 Å². The minimum Gasteiger partial charge on any atom is -0.354 e. The molecule has 12 heteroatoms. The first-order chi connectivity index (χ1) is 17.3. The number of rotatable bonds is 13. The Morgan fingerprint density at radius 2 is 1.73 bits per heavy atom. The smallest absolute Gasteiger partial charge is 0.242 e. The molecule has 0 radical (unpaired) electrons. The van der Waals surface area contributed by atoms with Crippen LogP contribution < -0.4 is 9.62 Å². The predicted molar refractivity (Wildman–Crippen MR) is 142 cm³/mol. The molecule has 2 aromatic carbocycles. The number of hydrogen-bond donors (Lipinski definition) is 1. The van der Waals surface area contributed by atoms with Crippen LogP contribution in [0.4, 0.5) is 14.5 Å². The molecular formula is C25H31Cl2F2N3O4S. The van der Waals surface area contributed by atoms with Crippen molar-refractivity contribution in [1.29, 1.82) is 0 Å². The van der Waals surface area contributed by atoms with Gasteiger partial charge in [0.2, 0.25) is 21.8 Å². The summed E-state index contributed by atoms with van der Waals surface area (Å²) in [5, 5.41) is 3.48. The molecule has 0 heterocycles. The number of sulfonamides is 1. The number of hydrogen-bond acceptors (Lipinski definition) is 4. The third-order valence-corrected chi connectivity index (χ3v) is 7.61. The van der Waals surface area contributed by atoms with Crippen LogP contribution in [-0.2, 0) is 26.2 Å². The van der Waals surface area contributed by atoms with Gasteiger partial charge >= 0.3 is 0 Å². The highest BCUT2D eigenvalue weighted by Crippen LogP contribution is 2.25. The second-order valence-electron chi connectivity index (χ2n) is 8.63. The highest BCUT2D eigenvalue weighted by atomic mass is 35.5. The SMILES string of the molecule is CCCCNC(=O)C(C)N(Cc1ccc(Cl)c(Cl)c1)C(=O)CCCN(c1ccc(F)c(F)c1)S(C)(=O)=O. The minimum atomic E-state index is -3.84. The van der Waals surface area contributed by atoms with Gasteiger partial charge in [-0.15, -0.1) is 0 Å². The zero-order chi connectivity index (χ0) is 27.8. The Labute approximate surface area is 226 Å². The fourth-order valence-electron chi connectivity index (χ4n) is 3.60. The molecule has 0 aliphatic carbocycles. The van der Waals surface area contributed by atoms with Crippen LogP contribution in [0.2, 0.25) is 10.0 Å². The summed E-state index contributed by atoms with van der Waals surface area (Å²) in [7, 11) is -3.84. The molecule has 2 aromatic rings.